The first-order chi connectivity index (χ1) is 7.01. The van der Waals surface area contributed by atoms with Crippen LogP contribution in [0.2, 0.25) is 0 Å². The number of nitriles is 1. The van der Waals surface area contributed by atoms with Gasteiger partial charge in [0.1, 0.15) is 6.29 Å². The van der Waals surface area contributed by atoms with Crippen LogP contribution in [0.3, 0.4) is 0 Å². The molecule has 88 valence electrons. The van der Waals surface area contributed by atoms with E-state index in [1.54, 1.807) is 0 Å². The van der Waals surface area contributed by atoms with Crippen molar-refractivity contribution in [1.82, 2.24) is 10.2 Å². The summed E-state index contributed by atoms with van der Waals surface area (Å²) in [6.07, 6.45) is 0.750. The zero-order chi connectivity index (χ0) is 13.3. The van der Waals surface area contributed by atoms with Crippen molar-refractivity contribution in [2.24, 2.45) is 0 Å². The Morgan fingerprint density at radius 3 is 1.56 bits per heavy atom. The fourth-order valence-electron chi connectivity index (χ4n) is 0.115. The minimum atomic E-state index is 0. The van der Waals surface area contributed by atoms with Gasteiger partial charge in [-0.05, 0) is 42.0 Å². The van der Waals surface area contributed by atoms with Gasteiger partial charge in [0.25, 0.3) is 0 Å². The molecule has 0 fully saturated rings. The van der Waals surface area contributed by atoms with Crippen molar-refractivity contribution in [1.29, 1.82) is 10.5 Å². The van der Waals surface area contributed by atoms with Crippen LogP contribution in [0.25, 0.3) is 0 Å². The van der Waals surface area contributed by atoms with Crippen LogP contribution in [0.1, 0.15) is 13.8 Å². The Kier molecular flexibility index (Phi) is 67.5. The number of carbonyl (C=O) groups is 1. The second-order valence-electron chi connectivity index (χ2n) is 2.50. The van der Waals surface area contributed by atoms with Gasteiger partial charge in [-0.1, -0.05) is 0 Å². The van der Waals surface area contributed by atoms with E-state index in [1.165, 1.54) is 6.92 Å². The van der Waals surface area contributed by atoms with Gasteiger partial charge in [0, 0.05) is 0 Å². The summed E-state index contributed by atoms with van der Waals surface area (Å²) in [6, 6.07) is 2.13. The van der Waals surface area contributed by atoms with Gasteiger partial charge in [-0.2, -0.15) is 5.26 Å². The number of carbonyl (C=O) groups excluding carboxylic acids is 1. The van der Waals surface area contributed by atoms with E-state index in [1.807, 2.05) is 40.0 Å². The van der Waals surface area contributed by atoms with Crippen LogP contribution in [0.4, 0.5) is 0 Å². The molecule has 5 nitrogen and oxygen atoms in total. The maximum absolute atomic E-state index is 8.81. The molecule has 0 aliphatic carbocycles. The number of hydrogen-bond donors (Lipinski definition) is 1. The zero-order valence-electron chi connectivity index (χ0n) is 11.4. The standard InChI is InChI=1S/C5H10N2.C2H7N.C2H4O.CN.Na/c1-5(4-6)7(2)3;1-3-2;1-2-3;1-2;/h5H,1-3H3;3H,1-2H3;2H,1H3;;/q;;;-1;+1. The topological polar surface area (TPSA) is 79.9 Å². The fourth-order valence-corrected chi connectivity index (χ4v) is 0.115. The first-order valence-corrected chi connectivity index (χ1v) is 4.28. The van der Waals surface area contributed by atoms with Gasteiger partial charge in [-0.25, -0.2) is 0 Å². The van der Waals surface area contributed by atoms with Crippen LogP contribution in [0.5, 0.6) is 0 Å². The van der Waals surface area contributed by atoms with E-state index >= 15 is 0 Å². The quantitative estimate of drug-likeness (QED) is 0.312. The molecule has 0 aromatic heterocycles. The fraction of sp³-hybridized carbons (Fsp3) is 0.700. The molecular formula is C10H21N4NaO. The van der Waals surface area contributed by atoms with Crippen molar-refractivity contribution >= 4 is 6.29 Å². The molecule has 0 aromatic carbocycles. The van der Waals surface area contributed by atoms with Crippen molar-refractivity contribution < 1.29 is 34.4 Å². The Hall–Kier alpha value is -0.430. The summed E-state index contributed by atoms with van der Waals surface area (Å²) in [6.45, 7) is 8.06. The predicted molar refractivity (Wildman–Crippen MR) is 60.5 cm³/mol. The summed E-state index contributed by atoms with van der Waals surface area (Å²) >= 11 is 0. The van der Waals surface area contributed by atoms with E-state index in [9.17, 15) is 0 Å². The molecule has 0 aliphatic heterocycles. The first-order valence-electron chi connectivity index (χ1n) is 4.28. The van der Waals surface area contributed by atoms with Gasteiger partial charge < -0.3 is 21.9 Å². The van der Waals surface area contributed by atoms with E-state index in [2.05, 4.69) is 11.4 Å². The largest absolute Gasteiger partial charge is 1.00 e. The van der Waals surface area contributed by atoms with Crippen LogP contribution < -0.4 is 34.9 Å². The third-order valence-electron chi connectivity index (χ3n) is 0.961. The van der Waals surface area contributed by atoms with Gasteiger partial charge >= 0.3 is 29.6 Å². The monoisotopic (exact) mass is 236 g/mol. The molecule has 0 saturated carbocycles. The molecule has 1 atom stereocenters. The average Bonchev–Trinajstić information content (AvgIpc) is 2.22. The number of rotatable bonds is 1. The smallest absolute Gasteiger partial charge is 0.512 e. The van der Waals surface area contributed by atoms with Crippen LogP contribution in [0, 0.1) is 23.2 Å². The summed E-state index contributed by atoms with van der Waals surface area (Å²) in [5.41, 5.74) is 0. The van der Waals surface area contributed by atoms with Crippen molar-refractivity contribution in [2.75, 3.05) is 28.2 Å². The molecule has 0 rings (SSSR count). The SMILES string of the molecule is CC(C#N)N(C)C.CC=O.CNC.[C-]#N.[Na+]. The molecule has 0 bridgehead atoms. The molecular weight excluding hydrogens is 215 g/mol. The molecule has 0 heterocycles. The summed E-state index contributed by atoms with van der Waals surface area (Å²) in [7, 11) is 7.52. The Morgan fingerprint density at radius 1 is 1.38 bits per heavy atom. The zero-order valence-corrected chi connectivity index (χ0v) is 13.4. The molecule has 0 aliphatic rings. The maximum atomic E-state index is 8.81. The molecule has 6 heteroatoms. The molecule has 0 saturated heterocycles. The van der Waals surface area contributed by atoms with E-state index in [0.717, 1.165) is 6.29 Å². The van der Waals surface area contributed by atoms with Crippen molar-refractivity contribution in [3.63, 3.8) is 0 Å². The number of nitrogens with zero attached hydrogens (tertiary/aromatic N) is 3. The van der Waals surface area contributed by atoms with Gasteiger partial charge in [-0.3, -0.25) is 4.90 Å². The molecule has 1 unspecified atom stereocenters. The summed E-state index contributed by atoms with van der Waals surface area (Å²) in [5.74, 6) is 0. The Morgan fingerprint density at radius 2 is 1.56 bits per heavy atom. The van der Waals surface area contributed by atoms with E-state index in [4.69, 9.17) is 21.9 Å². The van der Waals surface area contributed by atoms with Gasteiger partial charge in [0.2, 0.25) is 0 Å². The molecule has 0 aromatic rings. The molecule has 0 radical (unpaired) electrons. The summed E-state index contributed by atoms with van der Waals surface area (Å²) < 4.78 is 0. The van der Waals surface area contributed by atoms with Gasteiger partial charge in [0.15, 0.2) is 0 Å². The molecule has 1 N–H and O–H groups in total. The van der Waals surface area contributed by atoms with Crippen molar-refractivity contribution in [3.05, 3.63) is 6.57 Å². The van der Waals surface area contributed by atoms with Crippen LogP contribution in [0.15, 0.2) is 0 Å². The van der Waals surface area contributed by atoms with Crippen LogP contribution >= 0.6 is 0 Å². The normalized spacial score (nSPS) is 8.00. The van der Waals surface area contributed by atoms with Crippen molar-refractivity contribution in [2.45, 2.75) is 19.9 Å². The second kappa shape index (κ2) is 36.5. The van der Waals surface area contributed by atoms with E-state index in [0.29, 0.717) is 0 Å². The maximum Gasteiger partial charge on any atom is 1.00 e. The van der Waals surface area contributed by atoms with Gasteiger partial charge in [0.05, 0.1) is 12.1 Å². The van der Waals surface area contributed by atoms with Gasteiger partial charge in [-0.15, -0.1) is 0 Å². The van der Waals surface area contributed by atoms with E-state index < -0.39 is 0 Å². The third-order valence-corrected chi connectivity index (χ3v) is 0.961. The summed E-state index contributed by atoms with van der Waals surface area (Å²) in [4.78, 5) is 10.7. The molecule has 16 heavy (non-hydrogen) atoms. The molecule has 0 spiro atoms. The number of aldehydes is 1. The number of nitrogens with one attached hydrogen (secondary N) is 1. The van der Waals surface area contributed by atoms with Crippen LogP contribution in [-0.4, -0.2) is 45.4 Å². The third kappa shape index (κ3) is 69.1. The Labute approximate surface area is 122 Å². The Balaban J connectivity index is -0.0000000383. The van der Waals surface area contributed by atoms with Crippen LogP contribution in [-0.2, 0) is 4.79 Å². The Bertz CT molecular complexity index is 166. The average molecular weight is 236 g/mol. The summed E-state index contributed by atoms with van der Waals surface area (Å²) in [5, 5.41) is 17.2. The minimum Gasteiger partial charge on any atom is -0.512 e. The predicted octanol–water partition coefficient (Wildman–Crippen LogP) is -2.40. The second-order valence-corrected chi connectivity index (χ2v) is 2.50. The minimum absolute atomic E-state index is 0. The number of hydrogen-bond acceptors (Lipinski definition) is 5. The molecule has 0 amide bonds. The first kappa shape index (κ1) is 29.6. The van der Waals surface area contributed by atoms with E-state index in [-0.39, 0.29) is 35.6 Å². The van der Waals surface area contributed by atoms with Crippen molar-refractivity contribution in [3.8, 4) is 6.07 Å².